The van der Waals surface area contributed by atoms with E-state index < -0.39 is 47.3 Å². The highest BCUT2D eigenvalue weighted by atomic mass is 35.5. The van der Waals surface area contributed by atoms with Gasteiger partial charge in [0.2, 0.25) is 12.1 Å². The molecule has 0 aromatic heterocycles. The summed E-state index contributed by atoms with van der Waals surface area (Å²) in [6.07, 6.45) is 0. The molecular formula is C45H39Cl5N8O8. The van der Waals surface area contributed by atoms with Gasteiger partial charge in [-0.25, -0.2) is 0 Å². The maximum absolute atomic E-state index is 13.4. The highest BCUT2D eigenvalue weighted by Crippen LogP contribution is 2.34. The topological polar surface area (TPSA) is 218 Å². The summed E-state index contributed by atoms with van der Waals surface area (Å²) >= 11 is 30.9. The number of para-hydroxylation sites is 2. The quantitative estimate of drug-likeness (QED) is 0.0353. The second-order valence-electron chi connectivity index (χ2n) is 13.9. The lowest BCUT2D eigenvalue weighted by Gasteiger charge is -2.15. The SMILES string of the molecule is COc1c(CCl)cccc1NC(=O)c1ccc(Cl)c(N=NC(C(C)=O)C(=O)Nc2ccc(NC(=O)C(N=Nc3cc(C(=O)Nc4cccc(CCl)c4OC)ccc3Cl)C(C)=O)c(CCl)c2)c1. The number of alkyl halides is 3. The van der Waals surface area contributed by atoms with E-state index in [1.54, 1.807) is 36.4 Å². The number of nitrogens with one attached hydrogen (secondary N) is 4. The van der Waals surface area contributed by atoms with Gasteiger partial charge in [0.05, 0.1) is 47.4 Å². The van der Waals surface area contributed by atoms with Gasteiger partial charge in [-0.15, -0.1) is 34.8 Å². The molecule has 0 fully saturated rings. The van der Waals surface area contributed by atoms with Crippen molar-refractivity contribution in [2.24, 2.45) is 20.5 Å². The molecule has 0 aliphatic rings. The number of carbonyl (C=O) groups excluding carboxylic acids is 6. The van der Waals surface area contributed by atoms with Crippen LogP contribution in [-0.4, -0.2) is 61.5 Å². The molecule has 5 rings (SSSR count). The summed E-state index contributed by atoms with van der Waals surface area (Å²) in [6.45, 7) is 2.29. The first-order valence-electron chi connectivity index (χ1n) is 19.4. The number of ketones is 2. The number of Topliss-reactive ketones (excluding diaryl/α,β-unsaturated/α-hetero) is 2. The zero-order valence-electron chi connectivity index (χ0n) is 35.4. The minimum atomic E-state index is -1.65. The van der Waals surface area contributed by atoms with E-state index in [4.69, 9.17) is 67.5 Å². The molecule has 5 aromatic rings. The van der Waals surface area contributed by atoms with Crippen LogP contribution in [0.25, 0.3) is 0 Å². The molecule has 2 atom stereocenters. The van der Waals surface area contributed by atoms with Crippen molar-refractivity contribution in [2.45, 2.75) is 43.6 Å². The Morgan fingerprint density at radius 1 is 0.530 bits per heavy atom. The highest BCUT2D eigenvalue weighted by molar-refractivity contribution is 6.33. The predicted molar refractivity (Wildman–Crippen MR) is 255 cm³/mol. The summed E-state index contributed by atoms with van der Waals surface area (Å²) in [7, 11) is 2.90. The Balaban J connectivity index is 1.27. The molecule has 5 aromatic carbocycles. The average molecular weight is 997 g/mol. The maximum Gasteiger partial charge on any atom is 0.258 e. The van der Waals surface area contributed by atoms with Gasteiger partial charge in [-0.1, -0.05) is 47.5 Å². The molecule has 0 aliphatic carbocycles. The number of methoxy groups -OCH3 is 2. The van der Waals surface area contributed by atoms with Gasteiger partial charge in [-0.2, -0.15) is 20.5 Å². The Bertz CT molecular complexity index is 2750. The molecule has 0 heterocycles. The van der Waals surface area contributed by atoms with Crippen molar-refractivity contribution in [1.82, 2.24) is 0 Å². The van der Waals surface area contributed by atoms with Gasteiger partial charge in [0, 0.05) is 39.5 Å². The minimum Gasteiger partial charge on any atom is -0.494 e. The molecule has 16 nitrogen and oxygen atoms in total. The summed E-state index contributed by atoms with van der Waals surface area (Å²) in [4.78, 5) is 78.5. The first kappa shape index (κ1) is 50.6. The Labute approximate surface area is 403 Å². The Morgan fingerprint density at radius 3 is 1.38 bits per heavy atom. The Hall–Kier alpha value is -6.43. The van der Waals surface area contributed by atoms with E-state index in [0.29, 0.717) is 39.6 Å². The van der Waals surface area contributed by atoms with Crippen LogP contribution in [-0.2, 0) is 36.8 Å². The maximum atomic E-state index is 13.4. The predicted octanol–water partition coefficient (Wildman–Crippen LogP) is 11.1. The van der Waals surface area contributed by atoms with E-state index in [0.717, 1.165) is 13.8 Å². The van der Waals surface area contributed by atoms with Crippen LogP contribution in [0.1, 0.15) is 51.3 Å². The number of nitrogens with zero attached hydrogens (tertiary/aromatic N) is 4. The number of benzene rings is 5. The number of hydrogen-bond donors (Lipinski definition) is 4. The lowest BCUT2D eigenvalue weighted by molar-refractivity contribution is -0.127. The molecule has 66 heavy (non-hydrogen) atoms. The summed E-state index contributed by atoms with van der Waals surface area (Å²) in [5.74, 6) is -3.20. The molecule has 0 saturated heterocycles. The number of halogens is 5. The van der Waals surface area contributed by atoms with Crippen molar-refractivity contribution < 1.29 is 38.2 Å². The van der Waals surface area contributed by atoms with Crippen LogP contribution >= 0.6 is 58.0 Å². The van der Waals surface area contributed by atoms with Crippen molar-refractivity contribution in [3.8, 4) is 11.5 Å². The first-order chi connectivity index (χ1) is 31.6. The standard InChI is InChI=1S/C45H39Cl5N8O8/c1-23(59)38(57-55-36-18-25(11-14-31(36)49)42(61)53-34-9-5-7-27(20-46)40(34)65-3)44(63)51-30-13-16-33(29(17-30)22-48)52-45(64)39(24(2)60)58-56-37-19-26(12-15-32(37)50)43(62)54-35-10-6-8-28(21-47)41(35)66-4/h5-19,38-39H,20-22H2,1-4H3,(H,51,63)(H,52,64)(H,53,61)(H,54,62). The second-order valence-corrected chi connectivity index (χ2v) is 15.6. The fourth-order valence-electron chi connectivity index (χ4n) is 6.10. The second kappa shape index (κ2) is 23.7. The third-order valence-electron chi connectivity index (χ3n) is 9.41. The lowest BCUT2D eigenvalue weighted by atomic mass is 10.1. The van der Waals surface area contributed by atoms with Crippen LogP contribution in [0.2, 0.25) is 10.0 Å². The number of carbonyl (C=O) groups is 6. The largest absolute Gasteiger partial charge is 0.494 e. The van der Waals surface area contributed by atoms with Crippen molar-refractivity contribution in [1.29, 1.82) is 0 Å². The zero-order valence-corrected chi connectivity index (χ0v) is 39.2. The number of rotatable bonds is 19. The smallest absolute Gasteiger partial charge is 0.258 e. The van der Waals surface area contributed by atoms with Gasteiger partial charge in [-0.05, 0) is 86.1 Å². The molecule has 4 amide bonds. The van der Waals surface area contributed by atoms with Crippen molar-refractivity contribution in [3.05, 3.63) is 129 Å². The van der Waals surface area contributed by atoms with Crippen molar-refractivity contribution >= 4 is 127 Å². The van der Waals surface area contributed by atoms with Crippen LogP contribution in [0.3, 0.4) is 0 Å². The van der Waals surface area contributed by atoms with E-state index in [1.807, 2.05) is 0 Å². The van der Waals surface area contributed by atoms with E-state index in [2.05, 4.69) is 41.7 Å². The van der Waals surface area contributed by atoms with Crippen LogP contribution in [0, 0.1) is 0 Å². The Morgan fingerprint density at radius 2 is 0.970 bits per heavy atom. The monoisotopic (exact) mass is 994 g/mol. The van der Waals surface area contributed by atoms with Crippen LogP contribution in [0.4, 0.5) is 34.1 Å². The van der Waals surface area contributed by atoms with Crippen molar-refractivity contribution in [3.63, 3.8) is 0 Å². The van der Waals surface area contributed by atoms with Crippen molar-refractivity contribution in [2.75, 3.05) is 35.5 Å². The van der Waals surface area contributed by atoms with Crippen LogP contribution in [0.15, 0.2) is 111 Å². The van der Waals surface area contributed by atoms with E-state index in [9.17, 15) is 28.8 Å². The van der Waals surface area contributed by atoms with Gasteiger partial charge >= 0.3 is 0 Å². The normalized spacial score (nSPS) is 12.0. The summed E-state index contributed by atoms with van der Waals surface area (Å²) in [5, 5.41) is 26.8. The summed E-state index contributed by atoms with van der Waals surface area (Å²) in [6, 6.07) is 19.6. The van der Waals surface area contributed by atoms with Crippen LogP contribution in [0.5, 0.6) is 11.5 Å². The van der Waals surface area contributed by atoms with Gasteiger partial charge in [0.1, 0.15) is 22.9 Å². The Kier molecular flexibility index (Phi) is 18.1. The van der Waals surface area contributed by atoms with Gasteiger partial charge in [0.15, 0.2) is 11.6 Å². The molecule has 21 heteroatoms. The average Bonchev–Trinajstić information content (AvgIpc) is 3.30. The van der Waals surface area contributed by atoms with Gasteiger partial charge in [0.25, 0.3) is 23.6 Å². The molecule has 342 valence electrons. The molecule has 0 radical (unpaired) electrons. The molecule has 0 saturated carbocycles. The number of ether oxygens (including phenoxy) is 2. The molecule has 0 bridgehead atoms. The molecule has 0 aliphatic heterocycles. The minimum absolute atomic E-state index is 0.000723. The van der Waals surface area contributed by atoms with E-state index >= 15 is 0 Å². The summed E-state index contributed by atoms with van der Waals surface area (Å²) in [5.41, 5.74) is 3.02. The molecule has 0 spiro atoms. The van der Waals surface area contributed by atoms with Crippen LogP contribution < -0.4 is 30.7 Å². The third-order valence-corrected chi connectivity index (χ3v) is 10.9. The zero-order chi connectivity index (χ0) is 48.1. The van der Waals surface area contributed by atoms with E-state index in [1.165, 1.54) is 68.8 Å². The molecule has 2 unspecified atom stereocenters. The number of amides is 4. The third kappa shape index (κ3) is 12.7. The number of hydrogen-bond acceptors (Lipinski definition) is 12. The lowest BCUT2D eigenvalue weighted by Crippen LogP contribution is -2.32. The first-order valence-corrected chi connectivity index (χ1v) is 21.8. The van der Waals surface area contributed by atoms with Gasteiger partial charge < -0.3 is 30.7 Å². The van der Waals surface area contributed by atoms with Gasteiger partial charge in [-0.3, -0.25) is 28.8 Å². The fourth-order valence-corrected chi connectivity index (χ4v) is 7.05. The molecule has 4 N–H and O–H groups in total. The fraction of sp³-hybridized carbons (Fsp3) is 0.200. The molecular weight excluding hydrogens is 958 g/mol. The highest BCUT2D eigenvalue weighted by Gasteiger charge is 2.26. The summed E-state index contributed by atoms with van der Waals surface area (Å²) < 4.78 is 10.8. The number of azo groups is 2. The number of anilines is 4. The van der Waals surface area contributed by atoms with E-state index in [-0.39, 0.29) is 61.6 Å².